The Morgan fingerprint density at radius 3 is 3.06 bits per heavy atom. The highest BCUT2D eigenvalue weighted by Crippen LogP contribution is 2.33. The molecule has 2 aromatic rings. The fourth-order valence-electron chi connectivity index (χ4n) is 1.04. The first kappa shape index (κ1) is 12.1. The Hall–Kier alpha value is -1.38. The lowest BCUT2D eigenvalue weighted by atomic mass is 10.2. The molecule has 0 saturated carbocycles. The number of oxime groups is 1. The van der Waals surface area contributed by atoms with E-state index in [1.54, 1.807) is 11.6 Å². The smallest absolute Gasteiger partial charge is 0.180 e. The number of nitrogens with two attached hydrogens (primary N) is 1. The van der Waals surface area contributed by atoms with Crippen LogP contribution in [0.3, 0.4) is 0 Å². The molecule has 3 N–H and O–H groups in total. The molecule has 88 valence electrons. The third-order valence-corrected chi connectivity index (χ3v) is 4.04. The van der Waals surface area contributed by atoms with Crippen molar-refractivity contribution in [1.82, 2.24) is 15.2 Å². The predicted octanol–water partition coefficient (Wildman–Crippen LogP) is 1.83. The highest BCUT2D eigenvalue weighted by Gasteiger charge is 2.13. The molecular formula is C8H6ClN5OS2. The molecule has 0 spiro atoms. The van der Waals surface area contributed by atoms with Crippen LogP contribution in [0.5, 0.6) is 0 Å². The third kappa shape index (κ3) is 2.65. The zero-order valence-electron chi connectivity index (χ0n) is 8.24. The van der Waals surface area contributed by atoms with E-state index in [1.807, 2.05) is 0 Å². The molecule has 6 nitrogen and oxygen atoms in total. The normalized spacial score (nSPS) is 11.7. The van der Waals surface area contributed by atoms with E-state index in [-0.39, 0.29) is 5.84 Å². The number of hydrogen-bond acceptors (Lipinski definition) is 7. The Morgan fingerprint density at radius 1 is 1.59 bits per heavy atom. The van der Waals surface area contributed by atoms with Crippen LogP contribution in [0, 0.1) is 0 Å². The molecule has 2 rings (SSSR count). The molecule has 0 unspecified atom stereocenters. The number of amidine groups is 1. The van der Waals surface area contributed by atoms with Crippen LogP contribution < -0.4 is 5.73 Å². The van der Waals surface area contributed by atoms with E-state index in [1.165, 1.54) is 29.3 Å². The minimum atomic E-state index is -0.0588. The second-order valence-corrected chi connectivity index (χ2v) is 5.22. The van der Waals surface area contributed by atoms with Gasteiger partial charge in [0.15, 0.2) is 10.2 Å². The van der Waals surface area contributed by atoms with Crippen LogP contribution in [-0.4, -0.2) is 26.2 Å². The highest BCUT2D eigenvalue weighted by atomic mass is 35.5. The van der Waals surface area contributed by atoms with Crippen LogP contribution in [0.15, 0.2) is 32.3 Å². The van der Waals surface area contributed by atoms with E-state index in [0.29, 0.717) is 15.6 Å². The zero-order valence-corrected chi connectivity index (χ0v) is 10.6. The van der Waals surface area contributed by atoms with Crippen LogP contribution in [0.25, 0.3) is 0 Å². The van der Waals surface area contributed by atoms with Crippen molar-refractivity contribution in [3.8, 4) is 0 Å². The van der Waals surface area contributed by atoms with Crippen LogP contribution in [-0.2, 0) is 0 Å². The first-order chi connectivity index (χ1) is 8.22. The minimum absolute atomic E-state index is 0.0588. The van der Waals surface area contributed by atoms with Gasteiger partial charge in [-0.15, -0.1) is 10.2 Å². The van der Waals surface area contributed by atoms with Gasteiger partial charge in [0.1, 0.15) is 10.5 Å². The minimum Gasteiger partial charge on any atom is -0.409 e. The summed E-state index contributed by atoms with van der Waals surface area (Å²) in [5.74, 6) is -0.0588. The van der Waals surface area contributed by atoms with Gasteiger partial charge < -0.3 is 10.9 Å². The number of nitrogens with zero attached hydrogens (tertiary/aromatic N) is 4. The molecule has 0 aliphatic carbocycles. The van der Waals surface area contributed by atoms with E-state index in [9.17, 15) is 0 Å². The lowest BCUT2D eigenvalue weighted by molar-refractivity contribution is 0.318. The van der Waals surface area contributed by atoms with Crippen molar-refractivity contribution < 1.29 is 5.21 Å². The van der Waals surface area contributed by atoms with Crippen LogP contribution >= 0.6 is 34.7 Å². The molecular weight excluding hydrogens is 282 g/mol. The topological polar surface area (TPSA) is 97.3 Å². The molecule has 0 atom stereocenters. The fraction of sp³-hybridized carbons (Fsp3) is 0. The van der Waals surface area contributed by atoms with Gasteiger partial charge in [-0.25, -0.2) is 4.98 Å². The summed E-state index contributed by atoms with van der Waals surface area (Å²) in [7, 11) is 0. The molecule has 0 fully saturated rings. The Bertz CT molecular complexity index is 545. The molecule has 0 amide bonds. The van der Waals surface area contributed by atoms with E-state index in [2.05, 4.69) is 20.3 Å². The van der Waals surface area contributed by atoms with Gasteiger partial charge in [-0.1, -0.05) is 28.1 Å². The number of hydrogen-bond donors (Lipinski definition) is 2. The quantitative estimate of drug-likeness (QED) is 0.387. The zero-order chi connectivity index (χ0) is 12.3. The maximum absolute atomic E-state index is 8.62. The lowest BCUT2D eigenvalue weighted by Gasteiger charge is -2.05. The Kier molecular flexibility index (Phi) is 3.77. The number of pyridine rings is 1. The summed E-state index contributed by atoms with van der Waals surface area (Å²) in [4.78, 5) is 4.11. The standard InChI is InChI=1S/C8H6ClN5OS2/c9-5-4(6(10)14-15)1-2-11-7(5)17-8-13-12-3-16-8/h1-3,15H,(H2,10,14). The van der Waals surface area contributed by atoms with Crippen LogP contribution in [0.2, 0.25) is 5.02 Å². The Labute approximate surface area is 110 Å². The van der Waals surface area contributed by atoms with Crippen molar-refractivity contribution in [2.45, 2.75) is 9.37 Å². The Balaban J connectivity index is 2.36. The van der Waals surface area contributed by atoms with Gasteiger partial charge in [0, 0.05) is 11.8 Å². The molecule has 2 heterocycles. The van der Waals surface area contributed by atoms with Crippen molar-refractivity contribution in [3.05, 3.63) is 28.4 Å². The summed E-state index contributed by atoms with van der Waals surface area (Å²) in [5.41, 5.74) is 7.53. The Morgan fingerprint density at radius 2 is 2.41 bits per heavy atom. The van der Waals surface area contributed by atoms with E-state index < -0.39 is 0 Å². The first-order valence-electron chi connectivity index (χ1n) is 4.28. The van der Waals surface area contributed by atoms with Gasteiger partial charge in [-0.2, -0.15) is 0 Å². The third-order valence-electron chi connectivity index (χ3n) is 1.76. The first-order valence-corrected chi connectivity index (χ1v) is 6.36. The number of halogens is 1. The summed E-state index contributed by atoms with van der Waals surface area (Å²) in [6.45, 7) is 0. The SMILES string of the molecule is N/C(=N/O)c1ccnc(Sc2nncs2)c1Cl. The monoisotopic (exact) mass is 287 g/mol. The van der Waals surface area contributed by atoms with Gasteiger partial charge in [0.05, 0.1) is 5.02 Å². The molecule has 17 heavy (non-hydrogen) atoms. The summed E-state index contributed by atoms with van der Waals surface area (Å²) in [6.07, 6.45) is 1.53. The van der Waals surface area contributed by atoms with Crippen LogP contribution in [0.1, 0.15) is 5.56 Å². The molecule has 0 aliphatic rings. The summed E-state index contributed by atoms with van der Waals surface area (Å²) in [6, 6.07) is 1.57. The maximum Gasteiger partial charge on any atom is 0.180 e. The highest BCUT2D eigenvalue weighted by molar-refractivity contribution is 8.01. The average molecular weight is 288 g/mol. The predicted molar refractivity (Wildman–Crippen MR) is 65.8 cm³/mol. The van der Waals surface area contributed by atoms with Crippen molar-refractivity contribution in [3.63, 3.8) is 0 Å². The molecule has 0 saturated heterocycles. The van der Waals surface area contributed by atoms with Crippen molar-refractivity contribution in [2.24, 2.45) is 10.9 Å². The molecule has 9 heteroatoms. The second kappa shape index (κ2) is 5.30. The van der Waals surface area contributed by atoms with Gasteiger partial charge >= 0.3 is 0 Å². The van der Waals surface area contributed by atoms with E-state index in [0.717, 1.165) is 4.34 Å². The van der Waals surface area contributed by atoms with Crippen LogP contribution in [0.4, 0.5) is 0 Å². The molecule has 0 radical (unpaired) electrons. The van der Waals surface area contributed by atoms with Gasteiger partial charge in [0.2, 0.25) is 0 Å². The number of aromatic nitrogens is 3. The average Bonchev–Trinajstić information content (AvgIpc) is 2.84. The van der Waals surface area contributed by atoms with Crippen molar-refractivity contribution >= 4 is 40.5 Å². The van der Waals surface area contributed by atoms with Crippen molar-refractivity contribution in [2.75, 3.05) is 0 Å². The summed E-state index contributed by atoms with van der Waals surface area (Å²) in [5, 5.41) is 20.0. The molecule has 0 aliphatic heterocycles. The van der Waals surface area contributed by atoms with Crippen molar-refractivity contribution in [1.29, 1.82) is 0 Å². The second-order valence-electron chi connectivity index (χ2n) is 2.77. The van der Waals surface area contributed by atoms with Gasteiger partial charge in [-0.3, -0.25) is 0 Å². The fourth-order valence-corrected chi connectivity index (χ4v) is 2.77. The van der Waals surface area contributed by atoms with Gasteiger partial charge in [-0.05, 0) is 17.8 Å². The maximum atomic E-state index is 8.62. The largest absolute Gasteiger partial charge is 0.409 e. The summed E-state index contributed by atoms with van der Waals surface area (Å²) < 4.78 is 0.719. The molecule has 0 bridgehead atoms. The van der Waals surface area contributed by atoms with Gasteiger partial charge in [0.25, 0.3) is 0 Å². The molecule has 0 aromatic carbocycles. The van der Waals surface area contributed by atoms with E-state index in [4.69, 9.17) is 22.5 Å². The van der Waals surface area contributed by atoms with E-state index >= 15 is 0 Å². The number of rotatable bonds is 3. The lowest BCUT2D eigenvalue weighted by Crippen LogP contribution is -2.14. The molecule has 2 aromatic heterocycles. The summed E-state index contributed by atoms with van der Waals surface area (Å²) >= 11 is 8.75.